The SMILES string of the molecule is C=CC(=O)OCCCCOc1nc(Sc2ccccc2)nc(Sc2ccccc2)n1. The highest BCUT2D eigenvalue weighted by Gasteiger charge is 2.11. The van der Waals surface area contributed by atoms with E-state index < -0.39 is 5.97 Å². The summed E-state index contributed by atoms with van der Waals surface area (Å²) in [7, 11) is 0. The van der Waals surface area contributed by atoms with Gasteiger partial charge in [0.05, 0.1) is 13.2 Å². The van der Waals surface area contributed by atoms with Crippen LogP contribution in [0.15, 0.2) is 93.4 Å². The maximum Gasteiger partial charge on any atom is 0.330 e. The second kappa shape index (κ2) is 12.0. The molecule has 0 amide bonds. The highest BCUT2D eigenvalue weighted by molar-refractivity contribution is 7.99. The molecule has 30 heavy (non-hydrogen) atoms. The predicted octanol–water partition coefficient (Wildman–Crippen LogP) is 5.06. The van der Waals surface area contributed by atoms with E-state index in [1.165, 1.54) is 23.5 Å². The summed E-state index contributed by atoms with van der Waals surface area (Å²) in [5.41, 5.74) is 0. The molecule has 0 saturated carbocycles. The highest BCUT2D eigenvalue weighted by Crippen LogP contribution is 2.30. The lowest BCUT2D eigenvalue weighted by molar-refractivity contribution is -0.137. The molecule has 0 aliphatic heterocycles. The number of hydrogen-bond acceptors (Lipinski definition) is 8. The Morgan fingerprint density at radius 1 is 0.833 bits per heavy atom. The highest BCUT2D eigenvalue weighted by atomic mass is 32.2. The number of esters is 1. The van der Waals surface area contributed by atoms with Gasteiger partial charge in [0.25, 0.3) is 0 Å². The van der Waals surface area contributed by atoms with Gasteiger partial charge in [0, 0.05) is 15.9 Å². The molecule has 0 aliphatic carbocycles. The van der Waals surface area contributed by atoms with E-state index in [0.717, 1.165) is 15.9 Å². The normalized spacial score (nSPS) is 10.4. The van der Waals surface area contributed by atoms with Crippen molar-refractivity contribution >= 4 is 29.5 Å². The van der Waals surface area contributed by atoms with Crippen LogP contribution in [-0.2, 0) is 9.53 Å². The second-order valence-corrected chi connectivity index (χ2v) is 8.02. The molecule has 0 atom stereocenters. The number of hydrogen-bond donors (Lipinski definition) is 0. The van der Waals surface area contributed by atoms with Crippen LogP contribution in [0.5, 0.6) is 6.01 Å². The molecular weight excluding hydrogens is 418 g/mol. The fourth-order valence-electron chi connectivity index (χ4n) is 2.26. The van der Waals surface area contributed by atoms with Crippen molar-refractivity contribution in [2.75, 3.05) is 13.2 Å². The van der Waals surface area contributed by atoms with Crippen LogP contribution in [0.1, 0.15) is 12.8 Å². The second-order valence-electron chi connectivity index (χ2n) is 5.94. The molecule has 0 fully saturated rings. The summed E-state index contributed by atoms with van der Waals surface area (Å²) < 4.78 is 10.7. The minimum absolute atomic E-state index is 0.282. The van der Waals surface area contributed by atoms with Gasteiger partial charge in [0.2, 0.25) is 0 Å². The van der Waals surface area contributed by atoms with Crippen LogP contribution in [0, 0.1) is 0 Å². The average molecular weight is 440 g/mol. The van der Waals surface area contributed by atoms with Gasteiger partial charge in [-0.15, -0.1) is 0 Å². The first kappa shape index (κ1) is 21.9. The summed E-state index contributed by atoms with van der Waals surface area (Å²) in [4.78, 5) is 26.6. The Morgan fingerprint density at radius 2 is 1.37 bits per heavy atom. The summed E-state index contributed by atoms with van der Waals surface area (Å²) in [6, 6.07) is 20.1. The molecule has 0 unspecified atom stereocenters. The third kappa shape index (κ3) is 7.53. The van der Waals surface area contributed by atoms with Crippen molar-refractivity contribution in [1.29, 1.82) is 0 Å². The Bertz CT molecular complexity index is 897. The van der Waals surface area contributed by atoms with Gasteiger partial charge in [-0.25, -0.2) is 4.79 Å². The zero-order valence-corrected chi connectivity index (χ0v) is 17.9. The van der Waals surface area contributed by atoms with E-state index in [2.05, 4.69) is 21.5 Å². The number of benzene rings is 2. The number of nitrogens with zero attached hydrogens (tertiary/aromatic N) is 3. The first-order valence-corrected chi connectivity index (χ1v) is 11.0. The van der Waals surface area contributed by atoms with E-state index in [9.17, 15) is 4.79 Å². The Balaban J connectivity index is 1.64. The van der Waals surface area contributed by atoms with Crippen LogP contribution in [0.2, 0.25) is 0 Å². The molecule has 0 spiro atoms. The lowest BCUT2D eigenvalue weighted by atomic mass is 10.3. The van der Waals surface area contributed by atoms with Crippen LogP contribution < -0.4 is 4.74 Å². The molecule has 3 rings (SSSR count). The molecule has 1 heterocycles. The largest absolute Gasteiger partial charge is 0.463 e. The molecule has 0 aliphatic rings. The summed E-state index contributed by atoms with van der Waals surface area (Å²) in [5, 5.41) is 1.15. The summed E-state index contributed by atoms with van der Waals surface area (Å²) in [5.74, 6) is -0.418. The molecule has 8 heteroatoms. The van der Waals surface area contributed by atoms with Gasteiger partial charge < -0.3 is 9.47 Å². The van der Waals surface area contributed by atoms with E-state index >= 15 is 0 Å². The number of aromatic nitrogens is 3. The van der Waals surface area contributed by atoms with Crippen molar-refractivity contribution in [2.24, 2.45) is 0 Å². The maximum atomic E-state index is 11.0. The fraction of sp³-hybridized carbons (Fsp3) is 0.182. The van der Waals surface area contributed by atoms with Crippen LogP contribution in [-0.4, -0.2) is 34.1 Å². The van der Waals surface area contributed by atoms with Gasteiger partial charge in [-0.05, 0) is 60.6 Å². The zero-order valence-electron chi connectivity index (χ0n) is 16.3. The Kier molecular flexibility index (Phi) is 8.74. The minimum atomic E-state index is -0.418. The van der Waals surface area contributed by atoms with Crippen molar-refractivity contribution in [3.63, 3.8) is 0 Å². The van der Waals surface area contributed by atoms with E-state index in [0.29, 0.717) is 36.4 Å². The van der Waals surface area contributed by atoms with E-state index in [4.69, 9.17) is 9.47 Å². The van der Waals surface area contributed by atoms with Crippen molar-refractivity contribution in [1.82, 2.24) is 15.0 Å². The number of unbranched alkanes of at least 4 members (excludes halogenated alkanes) is 1. The number of ether oxygens (including phenoxy) is 2. The molecule has 0 radical (unpaired) electrons. The molecule has 0 saturated heterocycles. The van der Waals surface area contributed by atoms with E-state index in [1.807, 2.05) is 60.7 Å². The van der Waals surface area contributed by atoms with Gasteiger partial charge in [0.15, 0.2) is 10.3 Å². The summed E-state index contributed by atoms with van der Waals surface area (Å²) in [6.07, 6.45) is 2.54. The van der Waals surface area contributed by atoms with Gasteiger partial charge in [-0.3, -0.25) is 0 Å². The zero-order chi connectivity index (χ0) is 21.0. The minimum Gasteiger partial charge on any atom is -0.463 e. The first-order chi connectivity index (χ1) is 14.7. The Morgan fingerprint density at radius 3 is 1.90 bits per heavy atom. The molecule has 0 N–H and O–H groups in total. The quantitative estimate of drug-likeness (QED) is 0.233. The van der Waals surface area contributed by atoms with E-state index in [1.54, 1.807) is 0 Å². The topological polar surface area (TPSA) is 74.2 Å². The smallest absolute Gasteiger partial charge is 0.330 e. The Labute approximate surface area is 184 Å². The third-order valence-corrected chi connectivity index (χ3v) is 5.41. The lowest BCUT2D eigenvalue weighted by Crippen LogP contribution is -2.07. The van der Waals surface area contributed by atoms with Crippen LogP contribution in [0.4, 0.5) is 0 Å². The van der Waals surface area contributed by atoms with Crippen molar-refractivity contribution in [2.45, 2.75) is 32.9 Å². The molecule has 2 aromatic carbocycles. The van der Waals surface area contributed by atoms with Gasteiger partial charge in [-0.1, -0.05) is 43.0 Å². The fourth-order valence-corrected chi connectivity index (χ4v) is 3.84. The number of carbonyl (C=O) groups excluding carboxylic acids is 1. The molecule has 1 aromatic heterocycles. The first-order valence-electron chi connectivity index (χ1n) is 9.37. The molecule has 6 nitrogen and oxygen atoms in total. The van der Waals surface area contributed by atoms with E-state index in [-0.39, 0.29) is 6.01 Å². The Hall–Kier alpha value is -2.84. The standard InChI is InChI=1S/C22H21N3O3S2/c1-2-19(26)27-15-9-10-16-28-20-23-21(29-17-11-5-3-6-12-17)25-22(24-20)30-18-13-7-4-8-14-18/h2-8,11-14H,1,9-10,15-16H2. The van der Waals surface area contributed by atoms with Crippen molar-refractivity contribution in [3.8, 4) is 6.01 Å². The maximum absolute atomic E-state index is 11.0. The van der Waals surface area contributed by atoms with Crippen LogP contribution in [0.3, 0.4) is 0 Å². The third-order valence-electron chi connectivity index (χ3n) is 3.66. The summed E-state index contributed by atoms with van der Waals surface area (Å²) >= 11 is 2.91. The van der Waals surface area contributed by atoms with Gasteiger partial charge >= 0.3 is 12.0 Å². The predicted molar refractivity (Wildman–Crippen MR) is 117 cm³/mol. The van der Waals surface area contributed by atoms with Crippen LogP contribution in [0.25, 0.3) is 0 Å². The number of rotatable bonds is 11. The lowest BCUT2D eigenvalue weighted by Gasteiger charge is -2.08. The van der Waals surface area contributed by atoms with Crippen molar-refractivity contribution < 1.29 is 14.3 Å². The van der Waals surface area contributed by atoms with Gasteiger partial charge in [0.1, 0.15) is 0 Å². The molecule has 0 bridgehead atoms. The molecule has 3 aromatic rings. The van der Waals surface area contributed by atoms with Gasteiger partial charge in [-0.2, -0.15) is 15.0 Å². The van der Waals surface area contributed by atoms with Crippen LogP contribution >= 0.6 is 23.5 Å². The molecular formula is C22H21N3O3S2. The van der Waals surface area contributed by atoms with Crippen molar-refractivity contribution in [3.05, 3.63) is 73.3 Å². The number of carbonyl (C=O) groups is 1. The monoisotopic (exact) mass is 439 g/mol. The molecule has 154 valence electrons. The average Bonchev–Trinajstić information content (AvgIpc) is 2.77. The summed E-state index contributed by atoms with van der Waals surface area (Å²) in [6.45, 7) is 4.11.